The Balaban J connectivity index is 1.84. The Hall–Kier alpha value is -2.62. The zero-order valence-corrected chi connectivity index (χ0v) is 10.2. The summed E-state index contributed by atoms with van der Waals surface area (Å²) in [7, 11) is 0. The Kier molecular flexibility index (Phi) is 2.98. The number of rotatable bonds is 3. The van der Waals surface area contributed by atoms with E-state index in [1.54, 1.807) is 18.3 Å². The molecule has 0 aliphatic carbocycles. The third kappa shape index (κ3) is 2.47. The number of nitrogens with zero attached hydrogens (tertiary/aromatic N) is 2. The van der Waals surface area contributed by atoms with E-state index in [1.807, 2.05) is 30.3 Å². The lowest BCUT2D eigenvalue weighted by Crippen LogP contribution is -2.02. The van der Waals surface area contributed by atoms with E-state index in [4.69, 9.17) is 0 Å². The van der Waals surface area contributed by atoms with E-state index >= 15 is 0 Å². The maximum atomic E-state index is 9.19. The highest BCUT2D eigenvalue weighted by atomic mass is 16.3. The third-order valence-electron chi connectivity index (χ3n) is 2.90. The lowest BCUT2D eigenvalue weighted by atomic mass is 10.2. The lowest BCUT2D eigenvalue weighted by molar-refractivity contribution is 0.472. The number of hydrogen-bond acceptors (Lipinski definition) is 4. The third-order valence-corrected chi connectivity index (χ3v) is 2.90. The first-order chi connectivity index (χ1) is 9.33. The molecule has 19 heavy (non-hydrogen) atoms. The number of pyridine rings is 2. The predicted octanol–water partition coefficient (Wildman–Crippen LogP) is 2.95. The van der Waals surface area contributed by atoms with Gasteiger partial charge in [0.05, 0.1) is 29.6 Å². The molecule has 94 valence electrons. The fraction of sp³-hybridized carbons (Fsp3) is 0.0667. The molecular weight excluding hydrogens is 238 g/mol. The van der Waals surface area contributed by atoms with E-state index in [0.29, 0.717) is 6.54 Å². The topological polar surface area (TPSA) is 58.0 Å². The highest BCUT2D eigenvalue weighted by molar-refractivity contribution is 5.90. The van der Waals surface area contributed by atoms with Crippen LogP contribution in [-0.2, 0) is 6.54 Å². The van der Waals surface area contributed by atoms with Crippen molar-refractivity contribution in [1.82, 2.24) is 9.97 Å². The van der Waals surface area contributed by atoms with E-state index in [0.717, 1.165) is 22.3 Å². The smallest absolute Gasteiger partial charge is 0.133 e. The van der Waals surface area contributed by atoms with E-state index < -0.39 is 0 Å². The molecular formula is C15H13N3O. The first-order valence-electron chi connectivity index (χ1n) is 6.04. The fourth-order valence-electron chi connectivity index (χ4n) is 1.95. The van der Waals surface area contributed by atoms with Crippen molar-refractivity contribution in [2.75, 3.05) is 5.32 Å². The second-order valence-electron chi connectivity index (χ2n) is 4.24. The summed E-state index contributed by atoms with van der Waals surface area (Å²) in [4.78, 5) is 8.53. The van der Waals surface area contributed by atoms with Crippen LogP contribution >= 0.6 is 0 Å². The SMILES string of the molecule is Oc1ccc(CNc2cccc3cccnc23)nc1. The maximum Gasteiger partial charge on any atom is 0.133 e. The summed E-state index contributed by atoms with van der Waals surface area (Å²) in [6.45, 7) is 0.593. The van der Waals surface area contributed by atoms with Gasteiger partial charge in [0.1, 0.15) is 5.75 Å². The average molecular weight is 251 g/mol. The first-order valence-corrected chi connectivity index (χ1v) is 6.04. The molecule has 0 spiro atoms. The van der Waals surface area contributed by atoms with Gasteiger partial charge in [0.25, 0.3) is 0 Å². The molecule has 0 fully saturated rings. The minimum Gasteiger partial charge on any atom is -0.506 e. The number of aromatic hydroxyl groups is 1. The molecule has 0 atom stereocenters. The van der Waals surface area contributed by atoms with Crippen molar-refractivity contribution in [3.8, 4) is 5.75 Å². The van der Waals surface area contributed by atoms with Gasteiger partial charge in [0, 0.05) is 11.6 Å². The molecule has 0 saturated heterocycles. The largest absolute Gasteiger partial charge is 0.506 e. The summed E-state index contributed by atoms with van der Waals surface area (Å²) in [5.74, 6) is 0.176. The number of hydrogen-bond donors (Lipinski definition) is 2. The molecule has 4 nitrogen and oxygen atoms in total. The number of benzene rings is 1. The molecule has 2 heterocycles. The van der Waals surface area contributed by atoms with Gasteiger partial charge in [0.2, 0.25) is 0 Å². The van der Waals surface area contributed by atoms with Crippen molar-refractivity contribution >= 4 is 16.6 Å². The Bertz CT molecular complexity index is 690. The van der Waals surface area contributed by atoms with E-state index in [-0.39, 0.29) is 5.75 Å². The van der Waals surface area contributed by atoms with Crippen molar-refractivity contribution in [2.24, 2.45) is 0 Å². The Labute approximate surface area is 110 Å². The zero-order chi connectivity index (χ0) is 13.1. The van der Waals surface area contributed by atoms with Crippen molar-refractivity contribution in [3.63, 3.8) is 0 Å². The van der Waals surface area contributed by atoms with Crippen LogP contribution in [0.15, 0.2) is 54.9 Å². The maximum absolute atomic E-state index is 9.19. The molecule has 4 heteroatoms. The van der Waals surface area contributed by atoms with E-state index in [1.165, 1.54) is 6.20 Å². The molecule has 0 unspecified atom stereocenters. The fourth-order valence-corrected chi connectivity index (χ4v) is 1.95. The average Bonchev–Trinajstić information content (AvgIpc) is 2.47. The summed E-state index contributed by atoms with van der Waals surface area (Å²) < 4.78 is 0. The highest BCUT2D eigenvalue weighted by Gasteiger charge is 2.01. The van der Waals surface area contributed by atoms with E-state index in [9.17, 15) is 5.11 Å². The van der Waals surface area contributed by atoms with Crippen LogP contribution in [0.5, 0.6) is 5.75 Å². The summed E-state index contributed by atoms with van der Waals surface area (Å²) in [6, 6.07) is 13.4. The van der Waals surface area contributed by atoms with Crippen LogP contribution < -0.4 is 5.32 Å². The van der Waals surface area contributed by atoms with Crippen LogP contribution in [0.2, 0.25) is 0 Å². The molecule has 0 aliphatic heterocycles. The molecule has 0 amide bonds. The molecule has 1 aromatic carbocycles. The van der Waals surface area contributed by atoms with E-state index in [2.05, 4.69) is 15.3 Å². The summed E-state index contributed by atoms with van der Waals surface area (Å²) in [6.07, 6.45) is 3.23. The minimum atomic E-state index is 0.176. The molecule has 3 aromatic rings. The van der Waals surface area contributed by atoms with Gasteiger partial charge in [-0.2, -0.15) is 0 Å². The van der Waals surface area contributed by atoms with Crippen LogP contribution in [0.25, 0.3) is 10.9 Å². The van der Waals surface area contributed by atoms with Crippen molar-refractivity contribution in [1.29, 1.82) is 0 Å². The van der Waals surface area contributed by atoms with Gasteiger partial charge in [-0.1, -0.05) is 18.2 Å². The molecule has 2 N–H and O–H groups in total. The second-order valence-corrected chi connectivity index (χ2v) is 4.24. The summed E-state index contributed by atoms with van der Waals surface area (Å²) >= 11 is 0. The molecule has 0 radical (unpaired) electrons. The summed E-state index contributed by atoms with van der Waals surface area (Å²) in [5.41, 5.74) is 2.79. The number of fused-ring (bicyclic) bond motifs is 1. The first kappa shape index (κ1) is 11.5. The van der Waals surface area contributed by atoms with Gasteiger partial charge < -0.3 is 10.4 Å². The standard InChI is InChI=1S/C15H13N3O/c19-13-7-6-12(17-10-13)9-18-14-5-1-3-11-4-2-8-16-15(11)14/h1-8,10,18-19H,9H2. The number of anilines is 1. The van der Waals surface area contributed by atoms with Gasteiger partial charge in [0.15, 0.2) is 0 Å². The summed E-state index contributed by atoms with van der Waals surface area (Å²) in [5, 5.41) is 13.6. The highest BCUT2D eigenvalue weighted by Crippen LogP contribution is 2.21. The monoisotopic (exact) mass is 251 g/mol. The van der Waals surface area contributed by atoms with Crippen LogP contribution in [0, 0.1) is 0 Å². The van der Waals surface area contributed by atoms with Gasteiger partial charge >= 0.3 is 0 Å². The normalized spacial score (nSPS) is 10.5. The van der Waals surface area contributed by atoms with Crippen LogP contribution in [0.4, 0.5) is 5.69 Å². The van der Waals surface area contributed by atoms with Crippen LogP contribution in [0.3, 0.4) is 0 Å². The zero-order valence-electron chi connectivity index (χ0n) is 10.2. The number of aromatic nitrogens is 2. The van der Waals surface area contributed by atoms with Gasteiger partial charge in [-0.15, -0.1) is 0 Å². The van der Waals surface area contributed by atoms with Crippen molar-refractivity contribution in [3.05, 3.63) is 60.6 Å². The van der Waals surface area contributed by atoms with Gasteiger partial charge in [-0.25, -0.2) is 0 Å². The lowest BCUT2D eigenvalue weighted by Gasteiger charge is -2.08. The molecule has 0 saturated carbocycles. The predicted molar refractivity (Wildman–Crippen MR) is 75.0 cm³/mol. The Morgan fingerprint density at radius 2 is 1.89 bits per heavy atom. The second kappa shape index (κ2) is 4.94. The van der Waals surface area contributed by atoms with Crippen LogP contribution in [0.1, 0.15) is 5.69 Å². The molecule has 2 aromatic heterocycles. The number of nitrogens with one attached hydrogen (secondary N) is 1. The Morgan fingerprint density at radius 1 is 1.00 bits per heavy atom. The Morgan fingerprint density at radius 3 is 2.74 bits per heavy atom. The van der Waals surface area contributed by atoms with Crippen molar-refractivity contribution < 1.29 is 5.11 Å². The molecule has 0 bridgehead atoms. The minimum absolute atomic E-state index is 0.176. The quantitative estimate of drug-likeness (QED) is 0.751. The molecule has 3 rings (SSSR count). The van der Waals surface area contributed by atoms with Gasteiger partial charge in [-0.05, 0) is 24.3 Å². The van der Waals surface area contributed by atoms with Gasteiger partial charge in [-0.3, -0.25) is 9.97 Å². The number of para-hydroxylation sites is 1. The molecule has 0 aliphatic rings. The van der Waals surface area contributed by atoms with Crippen molar-refractivity contribution in [2.45, 2.75) is 6.54 Å². The van der Waals surface area contributed by atoms with Crippen LogP contribution in [-0.4, -0.2) is 15.1 Å².